The predicted octanol–water partition coefficient (Wildman–Crippen LogP) is 1.77. The van der Waals surface area contributed by atoms with Gasteiger partial charge >= 0.3 is 0 Å². The predicted molar refractivity (Wildman–Crippen MR) is 73.0 cm³/mol. The van der Waals surface area contributed by atoms with E-state index in [1.54, 1.807) is 6.07 Å². The Bertz CT molecular complexity index is 634. The van der Waals surface area contributed by atoms with Gasteiger partial charge in [-0.2, -0.15) is 0 Å². The zero-order valence-electron chi connectivity index (χ0n) is 10.7. The highest BCUT2D eigenvalue weighted by Gasteiger charge is 2.12. The fraction of sp³-hybridized carbons (Fsp3) is 0.0769. The Hall–Kier alpha value is -2.67. The van der Waals surface area contributed by atoms with Gasteiger partial charge in [0.15, 0.2) is 0 Å². The van der Waals surface area contributed by atoms with Crippen LogP contribution in [0, 0.1) is 5.82 Å². The van der Waals surface area contributed by atoms with Gasteiger partial charge in [-0.25, -0.2) is 4.39 Å². The summed E-state index contributed by atoms with van der Waals surface area (Å²) in [5, 5.41) is 2.43. The van der Waals surface area contributed by atoms with E-state index in [4.69, 9.17) is 10.6 Å². The van der Waals surface area contributed by atoms with Crippen LogP contribution in [0.4, 0.5) is 15.8 Å². The van der Waals surface area contributed by atoms with Crippen molar-refractivity contribution in [3.8, 4) is 5.75 Å². The molecule has 1 aromatic heterocycles. The molecule has 4 N–H and O–H groups in total. The third-order valence-corrected chi connectivity index (χ3v) is 2.58. The van der Waals surface area contributed by atoms with Gasteiger partial charge in [-0.05, 0) is 24.3 Å². The van der Waals surface area contributed by atoms with Gasteiger partial charge in [0.05, 0.1) is 18.5 Å². The average Bonchev–Trinajstić information content (AvgIpc) is 2.49. The van der Waals surface area contributed by atoms with Crippen molar-refractivity contribution in [2.24, 2.45) is 5.84 Å². The normalized spacial score (nSPS) is 9.95. The topological polar surface area (TPSA) is 89.3 Å². The van der Waals surface area contributed by atoms with Gasteiger partial charge in [0, 0.05) is 12.3 Å². The fourth-order valence-corrected chi connectivity index (χ4v) is 1.56. The lowest BCUT2D eigenvalue weighted by Crippen LogP contribution is -2.16. The first-order chi connectivity index (χ1) is 9.63. The molecule has 2 aromatic rings. The number of benzene rings is 1. The first-order valence-corrected chi connectivity index (χ1v) is 5.71. The third-order valence-electron chi connectivity index (χ3n) is 2.58. The number of hydrogen-bond donors (Lipinski definition) is 3. The van der Waals surface area contributed by atoms with Crippen molar-refractivity contribution >= 4 is 17.3 Å². The molecule has 0 aliphatic carbocycles. The van der Waals surface area contributed by atoms with E-state index in [0.717, 1.165) is 0 Å². The maximum absolute atomic E-state index is 13.6. The molecule has 0 bridgehead atoms. The van der Waals surface area contributed by atoms with Crippen LogP contribution in [0.25, 0.3) is 0 Å². The van der Waals surface area contributed by atoms with Crippen LogP contribution in [-0.2, 0) is 0 Å². The van der Waals surface area contributed by atoms with Gasteiger partial charge in [0.25, 0.3) is 5.91 Å². The van der Waals surface area contributed by atoms with Crippen LogP contribution in [0.5, 0.6) is 5.75 Å². The van der Waals surface area contributed by atoms with E-state index >= 15 is 0 Å². The molecular weight excluding hydrogens is 263 g/mol. The molecule has 6 nitrogen and oxygen atoms in total. The Balaban J connectivity index is 2.22. The van der Waals surface area contributed by atoms with Crippen LogP contribution in [0.15, 0.2) is 36.5 Å². The number of aromatic nitrogens is 1. The first-order valence-electron chi connectivity index (χ1n) is 5.71. The minimum atomic E-state index is -0.563. The second-order valence-electron chi connectivity index (χ2n) is 3.87. The minimum absolute atomic E-state index is 0.0160. The summed E-state index contributed by atoms with van der Waals surface area (Å²) in [6, 6.07) is 7.11. The van der Waals surface area contributed by atoms with E-state index in [-0.39, 0.29) is 11.4 Å². The third kappa shape index (κ3) is 3.01. The van der Waals surface area contributed by atoms with Gasteiger partial charge in [-0.1, -0.05) is 0 Å². The smallest absolute Gasteiger partial charge is 0.274 e. The number of hydrazine groups is 1. The number of methoxy groups -OCH3 is 1. The summed E-state index contributed by atoms with van der Waals surface area (Å²) in [5.74, 6) is 4.57. The van der Waals surface area contributed by atoms with Crippen LogP contribution < -0.4 is 21.3 Å². The van der Waals surface area contributed by atoms with Crippen molar-refractivity contribution in [1.82, 2.24) is 4.98 Å². The maximum atomic E-state index is 13.6. The molecule has 7 heteroatoms. The van der Waals surface area contributed by atoms with E-state index < -0.39 is 11.7 Å². The monoisotopic (exact) mass is 276 g/mol. The number of nitrogens with one attached hydrogen (secondary N) is 2. The zero-order valence-corrected chi connectivity index (χ0v) is 10.7. The molecule has 0 aliphatic heterocycles. The summed E-state index contributed by atoms with van der Waals surface area (Å²) in [6.45, 7) is 0. The second-order valence-corrected chi connectivity index (χ2v) is 3.87. The molecule has 0 unspecified atom stereocenters. The first kappa shape index (κ1) is 13.8. The molecule has 0 saturated carbocycles. The van der Waals surface area contributed by atoms with E-state index in [9.17, 15) is 9.18 Å². The summed E-state index contributed by atoms with van der Waals surface area (Å²) in [6.07, 6.45) is 1.42. The molecular formula is C13H13FN4O2. The molecule has 0 aliphatic rings. The van der Waals surface area contributed by atoms with Crippen molar-refractivity contribution in [1.29, 1.82) is 0 Å². The van der Waals surface area contributed by atoms with Gasteiger partial charge < -0.3 is 15.5 Å². The number of ether oxygens (including phenoxy) is 1. The highest BCUT2D eigenvalue weighted by Crippen LogP contribution is 2.21. The fourth-order valence-electron chi connectivity index (χ4n) is 1.56. The number of nitrogens with zero attached hydrogens (tertiary/aromatic N) is 1. The van der Waals surface area contributed by atoms with E-state index in [0.29, 0.717) is 11.4 Å². The molecule has 1 heterocycles. The number of nitrogens with two attached hydrogens (primary N) is 1. The average molecular weight is 276 g/mol. The number of carbonyl (C=O) groups excluding carboxylic acids is 1. The van der Waals surface area contributed by atoms with Crippen LogP contribution in [-0.4, -0.2) is 18.0 Å². The second kappa shape index (κ2) is 5.98. The molecule has 0 radical (unpaired) electrons. The van der Waals surface area contributed by atoms with Gasteiger partial charge in [-0.3, -0.25) is 15.6 Å². The maximum Gasteiger partial charge on any atom is 0.274 e. The quantitative estimate of drug-likeness (QED) is 0.585. The van der Waals surface area contributed by atoms with Crippen LogP contribution in [0.3, 0.4) is 0 Å². The van der Waals surface area contributed by atoms with E-state index in [1.807, 2.05) is 0 Å². The van der Waals surface area contributed by atoms with Crippen LogP contribution in [0.2, 0.25) is 0 Å². The van der Waals surface area contributed by atoms with Gasteiger partial charge in [0.1, 0.15) is 17.3 Å². The summed E-state index contributed by atoms with van der Waals surface area (Å²) >= 11 is 0. The molecule has 1 aromatic carbocycles. The number of carbonyl (C=O) groups is 1. The minimum Gasteiger partial charge on any atom is -0.497 e. The molecule has 2 rings (SSSR count). The molecule has 1 amide bonds. The van der Waals surface area contributed by atoms with Crippen molar-refractivity contribution < 1.29 is 13.9 Å². The number of hydrogen-bond acceptors (Lipinski definition) is 5. The number of anilines is 2. The highest BCUT2D eigenvalue weighted by atomic mass is 19.1. The Kier molecular flexibility index (Phi) is 4.11. The lowest BCUT2D eigenvalue weighted by atomic mass is 10.2. The van der Waals surface area contributed by atoms with Crippen LogP contribution in [0.1, 0.15) is 10.5 Å². The van der Waals surface area contributed by atoms with E-state index in [2.05, 4.69) is 15.7 Å². The number of amides is 1. The van der Waals surface area contributed by atoms with Gasteiger partial charge in [-0.15, -0.1) is 0 Å². The lowest BCUT2D eigenvalue weighted by Gasteiger charge is -2.08. The zero-order chi connectivity index (χ0) is 14.5. The number of pyridine rings is 1. The van der Waals surface area contributed by atoms with E-state index in [1.165, 1.54) is 37.6 Å². The largest absolute Gasteiger partial charge is 0.497 e. The summed E-state index contributed by atoms with van der Waals surface area (Å²) < 4.78 is 18.6. The Morgan fingerprint density at radius 1 is 1.35 bits per heavy atom. The summed E-state index contributed by atoms with van der Waals surface area (Å²) in [7, 11) is 1.46. The standard InChI is InChI=1S/C13H13FN4O2/c1-20-9-2-3-10(14)11(7-9)17-13(19)12-6-8(18-15)4-5-16-12/h2-7H,15H2,1H3,(H,16,18)(H,17,19). The Morgan fingerprint density at radius 2 is 2.15 bits per heavy atom. The summed E-state index contributed by atoms with van der Waals surface area (Å²) in [4.78, 5) is 15.9. The van der Waals surface area contributed by atoms with Crippen molar-refractivity contribution in [3.63, 3.8) is 0 Å². The van der Waals surface area contributed by atoms with Crippen molar-refractivity contribution in [2.45, 2.75) is 0 Å². The van der Waals surface area contributed by atoms with Crippen LogP contribution >= 0.6 is 0 Å². The Labute approximate surface area is 114 Å². The molecule has 104 valence electrons. The van der Waals surface area contributed by atoms with Gasteiger partial charge in [0.2, 0.25) is 0 Å². The van der Waals surface area contributed by atoms with Crippen molar-refractivity contribution in [3.05, 3.63) is 48.0 Å². The molecule has 0 fully saturated rings. The van der Waals surface area contributed by atoms with Crippen molar-refractivity contribution in [2.75, 3.05) is 17.9 Å². The molecule has 20 heavy (non-hydrogen) atoms. The number of rotatable bonds is 4. The highest BCUT2D eigenvalue weighted by molar-refractivity contribution is 6.03. The SMILES string of the molecule is COc1ccc(F)c(NC(=O)c2cc(NN)ccn2)c1. The molecule has 0 spiro atoms. The number of halogens is 1. The summed E-state index contributed by atoms with van der Waals surface area (Å²) in [5.41, 5.74) is 3.06. The number of nitrogen functional groups attached to an aromatic ring is 1. The molecule has 0 atom stereocenters. The Morgan fingerprint density at radius 3 is 2.85 bits per heavy atom. The lowest BCUT2D eigenvalue weighted by molar-refractivity contribution is 0.102. The molecule has 0 saturated heterocycles.